The Hall–Kier alpha value is -3.07. The summed E-state index contributed by atoms with van der Waals surface area (Å²) in [6.45, 7) is 1.29. The van der Waals surface area contributed by atoms with E-state index in [1.807, 2.05) is 83.8 Å². The number of nitrogens with zero attached hydrogens (tertiary/aromatic N) is 1. The topological polar surface area (TPSA) is 29.5 Å². The fraction of sp³-hybridized carbons (Fsp3) is 0.0952. The van der Waals surface area contributed by atoms with Crippen LogP contribution in [0.25, 0.3) is 0 Å². The number of carbonyl (C=O) groups is 1. The van der Waals surface area contributed by atoms with Crippen LogP contribution in [-0.2, 0) is 13.1 Å². The highest BCUT2D eigenvalue weighted by Crippen LogP contribution is 2.25. The lowest BCUT2D eigenvalue weighted by Gasteiger charge is -2.16. The lowest BCUT2D eigenvalue weighted by atomic mass is 10.1. The Labute approximate surface area is 141 Å². The van der Waals surface area contributed by atoms with Crippen LogP contribution in [0.2, 0.25) is 0 Å². The summed E-state index contributed by atoms with van der Waals surface area (Å²) in [6.07, 6.45) is 0. The highest BCUT2D eigenvalue weighted by Gasteiger charge is 2.26. The number of hydrogen-bond donors (Lipinski definition) is 0. The van der Waals surface area contributed by atoms with Crippen LogP contribution in [-0.4, -0.2) is 10.8 Å². The number of amides is 1. The predicted octanol–water partition coefficient (Wildman–Crippen LogP) is 4.63. The van der Waals surface area contributed by atoms with Crippen LogP contribution in [0.5, 0.6) is 11.5 Å². The number of fused-ring (bicyclic) bond motifs is 1. The fourth-order valence-electron chi connectivity index (χ4n) is 2.95. The van der Waals surface area contributed by atoms with Crippen molar-refractivity contribution in [1.82, 2.24) is 4.90 Å². The van der Waals surface area contributed by atoms with Gasteiger partial charge in [0.25, 0.3) is 5.91 Å². The molecule has 0 radical (unpaired) electrons. The summed E-state index contributed by atoms with van der Waals surface area (Å²) < 4.78 is 5.79. The fourth-order valence-corrected chi connectivity index (χ4v) is 2.95. The van der Waals surface area contributed by atoms with E-state index in [9.17, 15) is 4.79 Å². The number of hydrogen-bond acceptors (Lipinski definition) is 2. The Morgan fingerprint density at radius 2 is 1.46 bits per heavy atom. The second-order valence-corrected chi connectivity index (χ2v) is 5.88. The number of benzene rings is 3. The normalized spacial score (nSPS) is 13.0. The molecule has 118 valence electrons. The van der Waals surface area contributed by atoms with Crippen LogP contribution in [0.4, 0.5) is 0 Å². The van der Waals surface area contributed by atoms with Gasteiger partial charge in [-0.25, -0.2) is 0 Å². The summed E-state index contributed by atoms with van der Waals surface area (Å²) in [5, 5.41) is 0. The molecule has 0 saturated heterocycles. The minimum absolute atomic E-state index is 0.107. The van der Waals surface area contributed by atoms with Crippen molar-refractivity contribution in [3.8, 4) is 11.5 Å². The van der Waals surface area contributed by atoms with Crippen LogP contribution in [0, 0.1) is 0 Å². The van der Waals surface area contributed by atoms with Crippen molar-refractivity contribution in [1.29, 1.82) is 0 Å². The molecule has 24 heavy (non-hydrogen) atoms. The SMILES string of the molecule is O=C1c2ccccc2CN1Cc1ccc(Oc2ccccc2)cc1. The van der Waals surface area contributed by atoms with Crippen molar-refractivity contribution >= 4 is 5.91 Å². The quantitative estimate of drug-likeness (QED) is 0.702. The third-order valence-electron chi connectivity index (χ3n) is 4.17. The van der Waals surface area contributed by atoms with Crippen LogP contribution in [0.15, 0.2) is 78.9 Å². The first-order chi connectivity index (χ1) is 11.8. The van der Waals surface area contributed by atoms with Gasteiger partial charge in [-0.15, -0.1) is 0 Å². The summed E-state index contributed by atoms with van der Waals surface area (Å²) >= 11 is 0. The van der Waals surface area contributed by atoms with Gasteiger partial charge in [-0.05, 0) is 41.5 Å². The van der Waals surface area contributed by atoms with Crippen molar-refractivity contribution in [3.63, 3.8) is 0 Å². The molecule has 0 N–H and O–H groups in total. The van der Waals surface area contributed by atoms with Gasteiger partial charge in [0.1, 0.15) is 11.5 Å². The van der Waals surface area contributed by atoms with Gasteiger partial charge in [0.05, 0.1) is 0 Å². The maximum atomic E-state index is 12.4. The Kier molecular flexibility index (Phi) is 3.75. The lowest BCUT2D eigenvalue weighted by molar-refractivity contribution is 0.0766. The van der Waals surface area contributed by atoms with Crippen LogP contribution < -0.4 is 4.74 Å². The molecule has 1 aliphatic heterocycles. The van der Waals surface area contributed by atoms with Gasteiger partial charge in [0, 0.05) is 18.7 Å². The second kappa shape index (κ2) is 6.20. The first-order valence-corrected chi connectivity index (χ1v) is 7.98. The van der Waals surface area contributed by atoms with Crippen molar-refractivity contribution in [2.45, 2.75) is 13.1 Å². The van der Waals surface area contributed by atoms with Gasteiger partial charge >= 0.3 is 0 Å². The molecular formula is C21H17NO2. The maximum Gasteiger partial charge on any atom is 0.254 e. The molecule has 0 atom stereocenters. The number of para-hydroxylation sites is 1. The van der Waals surface area contributed by atoms with E-state index in [0.717, 1.165) is 28.2 Å². The Morgan fingerprint density at radius 3 is 2.21 bits per heavy atom. The smallest absolute Gasteiger partial charge is 0.254 e. The van der Waals surface area contributed by atoms with E-state index in [0.29, 0.717) is 13.1 Å². The molecule has 0 saturated carbocycles. The molecule has 3 heteroatoms. The molecule has 0 fully saturated rings. The third kappa shape index (κ3) is 2.88. The summed E-state index contributed by atoms with van der Waals surface area (Å²) in [5.41, 5.74) is 3.02. The van der Waals surface area contributed by atoms with E-state index in [-0.39, 0.29) is 5.91 Å². The molecule has 4 rings (SSSR count). The van der Waals surface area contributed by atoms with E-state index < -0.39 is 0 Å². The molecule has 1 heterocycles. The highest BCUT2D eigenvalue weighted by atomic mass is 16.5. The number of rotatable bonds is 4. The van der Waals surface area contributed by atoms with Gasteiger partial charge in [-0.2, -0.15) is 0 Å². The van der Waals surface area contributed by atoms with Crippen molar-refractivity contribution in [3.05, 3.63) is 95.6 Å². The molecule has 3 nitrogen and oxygen atoms in total. The maximum absolute atomic E-state index is 12.4. The average Bonchev–Trinajstić information content (AvgIpc) is 2.94. The highest BCUT2D eigenvalue weighted by molar-refractivity contribution is 5.98. The molecule has 1 amide bonds. The second-order valence-electron chi connectivity index (χ2n) is 5.88. The first kappa shape index (κ1) is 14.5. The van der Waals surface area contributed by atoms with E-state index in [4.69, 9.17) is 4.74 Å². The zero-order valence-corrected chi connectivity index (χ0v) is 13.2. The van der Waals surface area contributed by atoms with Gasteiger partial charge in [0.2, 0.25) is 0 Å². The molecule has 0 spiro atoms. The van der Waals surface area contributed by atoms with Crippen molar-refractivity contribution < 1.29 is 9.53 Å². The zero-order valence-electron chi connectivity index (χ0n) is 13.2. The van der Waals surface area contributed by atoms with Crippen molar-refractivity contribution in [2.75, 3.05) is 0 Å². The average molecular weight is 315 g/mol. The molecular weight excluding hydrogens is 298 g/mol. The Balaban J connectivity index is 1.44. The summed E-state index contributed by atoms with van der Waals surface area (Å²) in [6, 6.07) is 25.4. The number of ether oxygens (including phenoxy) is 1. The molecule has 3 aromatic rings. The van der Waals surface area contributed by atoms with Crippen molar-refractivity contribution in [2.24, 2.45) is 0 Å². The molecule has 0 bridgehead atoms. The minimum atomic E-state index is 0.107. The van der Waals surface area contributed by atoms with E-state index in [1.165, 1.54) is 0 Å². The Bertz CT molecular complexity index is 857. The number of carbonyl (C=O) groups excluding carboxylic acids is 1. The van der Waals surface area contributed by atoms with E-state index >= 15 is 0 Å². The predicted molar refractivity (Wildman–Crippen MR) is 93.0 cm³/mol. The van der Waals surface area contributed by atoms with Crippen LogP contribution in [0.3, 0.4) is 0 Å². The largest absolute Gasteiger partial charge is 0.457 e. The molecule has 0 unspecified atom stereocenters. The van der Waals surface area contributed by atoms with Gasteiger partial charge < -0.3 is 9.64 Å². The summed E-state index contributed by atoms with van der Waals surface area (Å²) in [5.74, 6) is 1.71. The van der Waals surface area contributed by atoms with Gasteiger partial charge in [0.15, 0.2) is 0 Å². The Morgan fingerprint density at radius 1 is 0.792 bits per heavy atom. The third-order valence-corrected chi connectivity index (χ3v) is 4.17. The lowest BCUT2D eigenvalue weighted by Crippen LogP contribution is -2.23. The zero-order chi connectivity index (χ0) is 16.4. The van der Waals surface area contributed by atoms with E-state index in [2.05, 4.69) is 0 Å². The molecule has 1 aliphatic rings. The van der Waals surface area contributed by atoms with Crippen LogP contribution >= 0.6 is 0 Å². The minimum Gasteiger partial charge on any atom is -0.457 e. The molecule has 3 aromatic carbocycles. The first-order valence-electron chi connectivity index (χ1n) is 7.98. The van der Waals surface area contributed by atoms with E-state index in [1.54, 1.807) is 0 Å². The van der Waals surface area contributed by atoms with Gasteiger partial charge in [-0.1, -0.05) is 48.5 Å². The molecule has 0 aromatic heterocycles. The van der Waals surface area contributed by atoms with Gasteiger partial charge in [-0.3, -0.25) is 4.79 Å². The standard InChI is InChI=1S/C21H17NO2/c23-21-20-9-5-4-6-17(20)15-22(21)14-16-10-12-19(13-11-16)24-18-7-2-1-3-8-18/h1-13H,14-15H2. The molecule has 0 aliphatic carbocycles. The monoisotopic (exact) mass is 315 g/mol. The summed E-state index contributed by atoms with van der Waals surface area (Å²) in [7, 11) is 0. The van der Waals surface area contributed by atoms with Crippen LogP contribution in [0.1, 0.15) is 21.5 Å². The summed E-state index contributed by atoms with van der Waals surface area (Å²) in [4.78, 5) is 14.3.